The van der Waals surface area contributed by atoms with Gasteiger partial charge >= 0.3 is 0 Å². The SMILES string of the molecule is CCCCCCCCCCc1cc(C(C)(C)c2ccccc2)c(O)c(S(=O)(=O)O)c1. The first-order chi connectivity index (χ1) is 14.2. The van der Waals surface area contributed by atoms with Crippen LogP contribution in [0, 0.1) is 0 Å². The van der Waals surface area contributed by atoms with Gasteiger partial charge in [0.1, 0.15) is 10.6 Å². The van der Waals surface area contributed by atoms with Crippen molar-refractivity contribution in [2.24, 2.45) is 0 Å². The quantitative estimate of drug-likeness (QED) is 0.291. The fraction of sp³-hybridized carbons (Fsp3) is 0.520. The molecule has 2 aromatic rings. The van der Waals surface area contributed by atoms with E-state index in [2.05, 4.69) is 6.92 Å². The van der Waals surface area contributed by atoms with Gasteiger partial charge in [-0.05, 0) is 30.0 Å². The van der Waals surface area contributed by atoms with E-state index in [1.807, 2.05) is 50.2 Å². The van der Waals surface area contributed by atoms with Crippen LogP contribution in [0.5, 0.6) is 5.75 Å². The van der Waals surface area contributed by atoms with Gasteiger partial charge in [-0.2, -0.15) is 8.42 Å². The van der Waals surface area contributed by atoms with Gasteiger partial charge in [0.2, 0.25) is 0 Å². The van der Waals surface area contributed by atoms with Gasteiger partial charge in [-0.15, -0.1) is 0 Å². The van der Waals surface area contributed by atoms with E-state index >= 15 is 0 Å². The first kappa shape index (κ1) is 24.4. The number of hydrogen-bond acceptors (Lipinski definition) is 3. The van der Waals surface area contributed by atoms with E-state index in [0.717, 1.165) is 30.4 Å². The summed E-state index contributed by atoms with van der Waals surface area (Å²) in [7, 11) is -4.52. The van der Waals surface area contributed by atoms with Crippen molar-refractivity contribution in [2.45, 2.75) is 88.9 Å². The third-order valence-corrected chi connectivity index (χ3v) is 6.77. The second-order valence-electron chi connectivity index (χ2n) is 8.68. The van der Waals surface area contributed by atoms with Crippen molar-refractivity contribution in [3.05, 3.63) is 59.2 Å². The molecule has 0 fully saturated rings. The van der Waals surface area contributed by atoms with Crippen LogP contribution < -0.4 is 0 Å². The smallest absolute Gasteiger partial charge is 0.298 e. The number of hydrogen-bond donors (Lipinski definition) is 2. The molecule has 0 radical (unpaired) electrons. The van der Waals surface area contributed by atoms with Gasteiger partial charge in [0.05, 0.1) is 0 Å². The van der Waals surface area contributed by atoms with E-state index in [4.69, 9.17) is 0 Å². The minimum absolute atomic E-state index is 0.369. The van der Waals surface area contributed by atoms with Crippen LogP contribution >= 0.6 is 0 Å². The third kappa shape index (κ3) is 6.58. The molecule has 0 spiro atoms. The van der Waals surface area contributed by atoms with E-state index in [1.165, 1.54) is 44.6 Å². The first-order valence-electron chi connectivity index (χ1n) is 11.1. The number of aromatic hydroxyl groups is 1. The first-order valence-corrected chi connectivity index (χ1v) is 12.5. The Kier molecular flexibility index (Phi) is 8.92. The number of phenols is 1. The van der Waals surface area contributed by atoms with Gasteiger partial charge in [-0.1, -0.05) is 102 Å². The van der Waals surface area contributed by atoms with E-state index in [9.17, 15) is 18.1 Å². The molecule has 0 unspecified atom stereocenters. The maximum atomic E-state index is 11.9. The zero-order chi connectivity index (χ0) is 22.2. The van der Waals surface area contributed by atoms with E-state index < -0.39 is 20.4 Å². The molecule has 0 saturated carbocycles. The molecule has 0 amide bonds. The van der Waals surface area contributed by atoms with Crippen molar-refractivity contribution < 1.29 is 18.1 Å². The summed E-state index contributed by atoms with van der Waals surface area (Å²) in [4.78, 5) is -0.404. The van der Waals surface area contributed by atoms with Gasteiger partial charge < -0.3 is 5.11 Å². The molecular weight excluding hydrogens is 396 g/mol. The van der Waals surface area contributed by atoms with Crippen molar-refractivity contribution in [1.82, 2.24) is 0 Å². The predicted octanol–water partition coefficient (Wildman–Crippen LogP) is 6.65. The van der Waals surface area contributed by atoms with Crippen LogP contribution in [0.1, 0.15) is 88.8 Å². The second kappa shape index (κ2) is 11.0. The second-order valence-corrected chi connectivity index (χ2v) is 10.1. The van der Waals surface area contributed by atoms with Crippen LogP contribution in [0.2, 0.25) is 0 Å². The van der Waals surface area contributed by atoms with Crippen LogP contribution in [0.4, 0.5) is 0 Å². The summed E-state index contributed by atoms with van der Waals surface area (Å²) in [6.45, 7) is 6.11. The lowest BCUT2D eigenvalue weighted by atomic mass is 9.77. The lowest BCUT2D eigenvalue weighted by Gasteiger charge is -2.28. The number of benzene rings is 2. The fourth-order valence-corrected chi connectivity index (χ4v) is 4.61. The Morgan fingerprint density at radius 1 is 0.867 bits per heavy atom. The molecule has 0 bridgehead atoms. The van der Waals surface area contributed by atoms with Gasteiger partial charge in [0.25, 0.3) is 10.1 Å². The molecule has 4 nitrogen and oxygen atoms in total. The molecule has 0 saturated heterocycles. The lowest BCUT2D eigenvalue weighted by Crippen LogP contribution is -2.20. The zero-order valence-electron chi connectivity index (χ0n) is 18.5. The zero-order valence-corrected chi connectivity index (χ0v) is 19.3. The van der Waals surface area contributed by atoms with Crippen molar-refractivity contribution in [1.29, 1.82) is 0 Å². The van der Waals surface area contributed by atoms with Crippen LogP contribution in [0.15, 0.2) is 47.4 Å². The Bertz CT molecular complexity index is 902. The summed E-state index contributed by atoms with van der Waals surface area (Å²) < 4.78 is 33.5. The number of rotatable bonds is 12. The predicted molar refractivity (Wildman–Crippen MR) is 123 cm³/mol. The molecule has 5 heteroatoms. The summed E-state index contributed by atoms with van der Waals surface area (Å²) in [5, 5.41) is 10.7. The Balaban J connectivity index is 2.21. The van der Waals surface area contributed by atoms with Crippen molar-refractivity contribution in [2.75, 3.05) is 0 Å². The summed E-state index contributed by atoms with van der Waals surface area (Å²) in [5.74, 6) is -0.369. The molecule has 0 atom stereocenters. The number of unbranched alkanes of at least 4 members (excludes halogenated alkanes) is 7. The van der Waals surface area contributed by atoms with Gasteiger partial charge in [-0.3, -0.25) is 4.55 Å². The molecule has 0 aliphatic heterocycles. The van der Waals surface area contributed by atoms with E-state index in [-0.39, 0.29) is 5.75 Å². The highest BCUT2D eigenvalue weighted by Gasteiger charge is 2.30. The molecule has 2 rings (SSSR count). The summed E-state index contributed by atoms with van der Waals surface area (Å²) in [6.07, 6.45) is 10.3. The standard InChI is InChI=1S/C25H36O4S/c1-4-5-6-7-8-9-10-12-15-20-18-22(24(26)23(19-20)30(27,28)29)25(2,3)21-16-13-11-14-17-21/h11,13-14,16-19,26H,4-10,12,15H2,1-3H3,(H,27,28,29). The summed E-state index contributed by atoms with van der Waals surface area (Å²) in [5.41, 5.74) is 1.69. The largest absolute Gasteiger partial charge is 0.506 e. The van der Waals surface area contributed by atoms with Crippen molar-refractivity contribution in [3.63, 3.8) is 0 Å². The molecule has 166 valence electrons. The summed E-state index contributed by atoms with van der Waals surface area (Å²) in [6, 6.07) is 13.0. The van der Waals surface area contributed by atoms with Gasteiger partial charge in [-0.25, -0.2) is 0 Å². The van der Waals surface area contributed by atoms with Crippen LogP contribution in [-0.4, -0.2) is 18.1 Å². The number of aryl methyl sites for hydroxylation is 1. The highest BCUT2D eigenvalue weighted by Crippen LogP contribution is 2.41. The molecule has 2 aromatic carbocycles. The Labute approximate surface area is 182 Å². The number of phenolic OH excluding ortho intramolecular Hbond substituents is 1. The van der Waals surface area contributed by atoms with Crippen molar-refractivity contribution >= 4 is 10.1 Å². The van der Waals surface area contributed by atoms with Crippen LogP contribution in [0.3, 0.4) is 0 Å². The molecule has 0 aliphatic rings. The fourth-order valence-electron chi connectivity index (χ4n) is 3.96. The van der Waals surface area contributed by atoms with Crippen molar-refractivity contribution in [3.8, 4) is 5.75 Å². The minimum atomic E-state index is -4.52. The van der Waals surface area contributed by atoms with E-state index in [1.54, 1.807) is 0 Å². The molecule has 0 heterocycles. The normalized spacial score (nSPS) is 12.3. The molecule has 30 heavy (non-hydrogen) atoms. The molecule has 0 aromatic heterocycles. The molecular formula is C25H36O4S. The molecule has 0 aliphatic carbocycles. The Morgan fingerprint density at radius 2 is 1.43 bits per heavy atom. The average molecular weight is 433 g/mol. The van der Waals surface area contributed by atoms with Gasteiger partial charge in [0.15, 0.2) is 0 Å². The highest BCUT2D eigenvalue weighted by atomic mass is 32.2. The third-order valence-electron chi connectivity index (χ3n) is 5.90. The lowest BCUT2D eigenvalue weighted by molar-refractivity contribution is 0.426. The maximum absolute atomic E-state index is 11.9. The van der Waals surface area contributed by atoms with Gasteiger partial charge in [0, 0.05) is 11.0 Å². The topological polar surface area (TPSA) is 74.6 Å². The summed E-state index contributed by atoms with van der Waals surface area (Å²) >= 11 is 0. The Hall–Kier alpha value is -1.85. The Morgan fingerprint density at radius 3 is 2.00 bits per heavy atom. The minimum Gasteiger partial charge on any atom is -0.506 e. The van der Waals surface area contributed by atoms with Crippen LogP contribution in [-0.2, 0) is 22.0 Å². The van der Waals surface area contributed by atoms with Crippen LogP contribution in [0.25, 0.3) is 0 Å². The molecule has 2 N–H and O–H groups in total. The average Bonchev–Trinajstić information content (AvgIpc) is 2.70. The maximum Gasteiger partial charge on any atom is 0.298 e. The van der Waals surface area contributed by atoms with E-state index in [0.29, 0.717) is 5.56 Å². The highest BCUT2D eigenvalue weighted by molar-refractivity contribution is 7.86. The monoisotopic (exact) mass is 432 g/mol.